The molecule has 0 unspecified atom stereocenters. The van der Waals surface area contributed by atoms with Gasteiger partial charge in [0.1, 0.15) is 0 Å². The predicted molar refractivity (Wildman–Crippen MR) is 45.8 cm³/mol. The summed E-state index contributed by atoms with van der Waals surface area (Å²) in [5, 5.41) is 0. The molecule has 0 aliphatic heterocycles. The number of unbranched alkanes of at least 4 members (excludes halogenated alkanes) is 1. The summed E-state index contributed by atoms with van der Waals surface area (Å²) in [6, 6.07) is 0. The van der Waals surface area contributed by atoms with Crippen LogP contribution in [0, 0.1) is 0 Å². The van der Waals surface area contributed by atoms with Gasteiger partial charge in [0.15, 0.2) is 0 Å². The monoisotopic (exact) mass is 182 g/mol. The molecule has 0 rings (SSSR count). The Morgan fingerprint density at radius 2 is 2.10 bits per heavy atom. The molecule has 0 aromatic heterocycles. The van der Waals surface area contributed by atoms with Gasteiger partial charge in [-0.2, -0.15) is 0 Å². The van der Waals surface area contributed by atoms with Crippen LogP contribution in [0.3, 0.4) is 0 Å². The van der Waals surface area contributed by atoms with Crippen molar-refractivity contribution in [3.63, 3.8) is 0 Å². The van der Waals surface area contributed by atoms with Crippen LogP contribution >= 0.6 is 23.2 Å². The smallest absolute Gasteiger partial charge is 0.0658 e. The van der Waals surface area contributed by atoms with Gasteiger partial charge in [0.05, 0.1) is 6.61 Å². The SMILES string of the molecule is Cl/C=C/COCCCCCl. The van der Waals surface area contributed by atoms with E-state index in [1.165, 1.54) is 5.54 Å². The lowest BCUT2D eigenvalue weighted by Gasteiger charge is -1.97. The van der Waals surface area contributed by atoms with Crippen molar-refractivity contribution in [3.8, 4) is 0 Å². The molecule has 10 heavy (non-hydrogen) atoms. The minimum absolute atomic E-state index is 0.603. The van der Waals surface area contributed by atoms with Crippen molar-refractivity contribution in [2.24, 2.45) is 0 Å². The van der Waals surface area contributed by atoms with Gasteiger partial charge in [-0.05, 0) is 18.9 Å². The fourth-order valence-electron chi connectivity index (χ4n) is 0.486. The first-order valence-electron chi connectivity index (χ1n) is 3.30. The second-order valence-corrected chi connectivity index (χ2v) is 2.46. The fraction of sp³-hybridized carbons (Fsp3) is 0.714. The van der Waals surface area contributed by atoms with Gasteiger partial charge in [-0.25, -0.2) is 0 Å². The largest absolute Gasteiger partial charge is 0.377 e. The van der Waals surface area contributed by atoms with E-state index in [-0.39, 0.29) is 0 Å². The summed E-state index contributed by atoms with van der Waals surface area (Å²) in [4.78, 5) is 0. The summed E-state index contributed by atoms with van der Waals surface area (Å²) in [5.41, 5.74) is 1.46. The van der Waals surface area contributed by atoms with Gasteiger partial charge in [0.25, 0.3) is 0 Å². The lowest BCUT2D eigenvalue weighted by molar-refractivity contribution is 0.159. The van der Waals surface area contributed by atoms with Crippen molar-refractivity contribution in [3.05, 3.63) is 11.6 Å². The number of halogens is 2. The highest BCUT2D eigenvalue weighted by Crippen LogP contribution is 1.92. The second kappa shape index (κ2) is 9.28. The molecule has 0 bridgehead atoms. The van der Waals surface area contributed by atoms with Crippen LogP contribution < -0.4 is 0 Å². The molecule has 0 saturated heterocycles. The maximum Gasteiger partial charge on any atom is 0.0658 e. The maximum atomic E-state index is 5.45. The third-order valence-corrected chi connectivity index (χ3v) is 1.42. The Balaban J connectivity index is 2.77. The summed E-state index contributed by atoms with van der Waals surface area (Å²) >= 11 is 10.7. The zero-order chi connectivity index (χ0) is 7.66. The van der Waals surface area contributed by atoms with E-state index in [4.69, 9.17) is 27.9 Å². The Kier molecular flexibility index (Phi) is 9.54. The Bertz CT molecular complexity index is 83.7. The van der Waals surface area contributed by atoms with Crippen LogP contribution in [0.2, 0.25) is 0 Å². The van der Waals surface area contributed by atoms with Crippen LogP contribution in [-0.4, -0.2) is 19.1 Å². The van der Waals surface area contributed by atoms with Crippen LogP contribution in [-0.2, 0) is 4.74 Å². The second-order valence-electron chi connectivity index (χ2n) is 1.83. The lowest BCUT2D eigenvalue weighted by atomic mass is 10.4. The van der Waals surface area contributed by atoms with E-state index in [0.29, 0.717) is 12.5 Å². The molecule has 0 spiro atoms. The van der Waals surface area contributed by atoms with Crippen molar-refractivity contribution in [2.75, 3.05) is 19.1 Å². The minimum Gasteiger partial charge on any atom is -0.377 e. The van der Waals surface area contributed by atoms with E-state index in [9.17, 15) is 0 Å². The van der Waals surface area contributed by atoms with Crippen LogP contribution in [0.15, 0.2) is 11.6 Å². The molecule has 0 aliphatic carbocycles. The van der Waals surface area contributed by atoms with Gasteiger partial charge < -0.3 is 4.74 Å². The molecule has 0 fully saturated rings. The normalized spacial score (nSPS) is 11.0. The number of rotatable bonds is 6. The fourth-order valence-corrected chi connectivity index (χ4v) is 0.748. The summed E-state index contributed by atoms with van der Waals surface area (Å²) in [7, 11) is 0. The number of hydrogen-bond acceptors (Lipinski definition) is 1. The summed E-state index contributed by atoms with van der Waals surface area (Å²) in [6.07, 6.45) is 3.81. The standard InChI is InChI=1S/C7H12Cl2O/c8-4-1-2-6-10-7-3-5-9/h3,5H,1-2,4,6-7H2/b5-3+. The zero-order valence-electron chi connectivity index (χ0n) is 5.85. The topological polar surface area (TPSA) is 9.23 Å². The number of hydrogen-bond donors (Lipinski definition) is 0. The van der Waals surface area contributed by atoms with E-state index >= 15 is 0 Å². The minimum atomic E-state index is 0.603. The van der Waals surface area contributed by atoms with Crippen molar-refractivity contribution in [1.29, 1.82) is 0 Å². The Hall–Kier alpha value is 0.280. The van der Waals surface area contributed by atoms with Gasteiger partial charge in [-0.15, -0.1) is 11.6 Å². The summed E-state index contributed by atoms with van der Waals surface area (Å²) in [5.74, 6) is 0.717. The molecule has 0 amide bonds. The number of ether oxygens (including phenoxy) is 1. The van der Waals surface area contributed by atoms with Gasteiger partial charge in [-0.1, -0.05) is 11.6 Å². The molecule has 60 valence electrons. The van der Waals surface area contributed by atoms with Gasteiger partial charge in [-0.3, -0.25) is 0 Å². The maximum absolute atomic E-state index is 5.45. The third kappa shape index (κ3) is 8.28. The molecule has 0 N–H and O–H groups in total. The first-order valence-corrected chi connectivity index (χ1v) is 4.28. The van der Waals surface area contributed by atoms with Crippen LogP contribution in [0.25, 0.3) is 0 Å². The molecule has 0 saturated carbocycles. The van der Waals surface area contributed by atoms with Gasteiger partial charge >= 0.3 is 0 Å². The van der Waals surface area contributed by atoms with Crippen molar-refractivity contribution in [1.82, 2.24) is 0 Å². The first kappa shape index (κ1) is 10.3. The predicted octanol–water partition coefficient (Wildman–Crippen LogP) is 2.77. The molecule has 0 atom stereocenters. The van der Waals surface area contributed by atoms with Crippen LogP contribution in [0.5, 0.6) is 0 Å². The number of alkyl halides is 1. The summed E-state index contributed by atoms with van der Waals surface area (Å²) in [6.45, 7) is 1.37. The third-order valence-electron chi connectivity index (χ3n) is 0.975. The van der Waals surface area contributed by atoms with Crippen molar-refractivity contribution in [2.45, 2.75) is 12.8 Å². The van der Waals surface area contributed by atoms with E-state index in [1.54, 1.807) is 6.08 Å². The Morgan fingerprint density at radius 3 is 2.70 bits per heavy atom. The highest BCUT2D eigenvalue weighted by atomic mass is 35.5. The van der Waals surface area contributed by atoms with E-state index in [1.807, 2.05) is 0 Å². The molecule has 3 heteroatoms. The average Bonchev–Trinajstić information content (AvgIpc) is 1.97. The van der Waals surface area contributed by atoms with E-state index in [2.05, 4.69) is 0 Å². The zero-order valence-corrected chi connectivity index (χ0v) is 7.37. The molecule has 0 aliphatic rings. The van der Waals surface area contributed by atoms with Gasteiger partial charge in [0, 0.05) is 18.0 Å². The first-order chi connectivity index (χ1) is 4.91. The van der Waals surface area contributed by atoms with E-state index < -0.39 is 0 Å². The molecule has 0 radical (unpaired) electrons. The highest BCUT2D eigenvalue weighted by Gasteiger charge is 1.84. The van der Waals surface area contributed by atoms with Crippen LogP contribution in [0.4, 0.5) is 0 Å². The summed E-state index contributed by atoms with van der Waals surface area (Å²) < 4.78 is 5.15. The quantitative estimate of drug-likeness (QED) is 0.454. The molecule has 0 heterocycles. The Labute approximate surface area is 72.0 Å². The van der Waals surface area contributed by atoms with Crippen molar-refractivity contribution < 1.29 is 4.74 Å². The molecule has 0 aromatic rings. The van der Waals surface area contributed by atoms with Gasteiger partial charge in [0.2, 0.25) is 0 Å². The Morgan fingerprint density at radius 1 is 1.30 bits per heavy atom. The van der Waals surface area contributed by atoms with Crippen LogP contribution in [0.1, 0.15) is 12.8 Å². The van der Waals surface area contributed by atoms with E-state index in [0.717, 1.165) is 19.4 Å². The molecule has 0 aromatic carbocycles. The molecular formula is C7H12Cl2O. The average molecular weight is 183 g/mol. The molecular weight excluding hydrogens is 171 g/mol. The molecule has 1 nitrogen and oxygen atoms in total. The lowest BCUT2D eigenvalue weighted by Crippen LogP contribution is -1.94. The highest BCUT2D eigenvalue weighted by molar-refractivity contribution is 6.25. The van der Waals surface area contributed by atoms with Crippen molar-refractivity contribution >= 4 is 23.2 Å².